The molecule has 0 unspecified atom stereocenters. The molecule has 0 fully saturated rings. The van der Waals surface area contributed by atoms with Crippen LogP contribution in [0.5, 0.6) is 5.88 Å². The van der Waals surface area contributed by atoms with Crippen molar-refractivity contribution in [3.8, 4) is 17.1 Å². The topological polar surface area (TPSA) is 119 Å². The summed E-state index contributed by atoms with van der Waals surface area (Å²) in [7, 11) is -2.30. The Morgan fingerprint density at radius 1 is 1.21 bits per heavy atom. The van der Waals surface area contributed by atoms with Gasteiger partial charge in [-0.3, -0.25) is 4.68 Å². The standard InChI is InChI=1S/C23H31N5O4S/c1-16(2)12-17-8-6-7-9-19(17)20-13-21(32-11-10-23(3,4)29)26-22(25-20)27-33(30,31)18-14-24-28(5)15-18/h6-9,13-16,29H,10-12H2,1-5H3,(H,25,26,27). The molecule has 0 aliphatic carbocycles. The van der Waals surface area contributed by atoms with Crippen molar-refractivity contribution in [3.63, 3.8) is 0 Å². The summed E-state index contributed by atoms with van der Waals surface area (Å²) in [5, 5.41) is 13.9. The van der Waals surface area contributed by atoms with Crippen LogP contribution in [0.4, 0.5) is 5.95 Å². The molecule has 9 nitrogen and oxygen atoms in total. The van der Waals surface area contributed by atoms with E-state index in [9.17, 15) is 13.5 Å². The van der Waals surface area contributed by atoms with Crippen LogP contribution in [-0.2, 0) is 23.5 Å². The molecular formula is C23H31N5O4S. The summed E-state index contributed by atoms with van der Waals surface area (Å²) in [6.45, 7) is 7.86. The summed E-state index contributed by atoms with van der Waals surface area (Å²) < 4.78 is 35.2. The maximum absolute atomic E-state index is 12.8. The van der Waals surface area contributed by atoms with Gasteiger partial charge in [0.05, 0.1) is 24.1 Å². The lowest BCUT2D eigenvalue weighted by atomic mass is 9.96. The Balaban J connectivity index is 2.00. The third-order valence-electron chi connectivity index (χ3n) is 4.81. The number of sulfonamides is 1. The predicted molar refractivity (Wildman–Crippen MR) is 126 cm³/mol. The van der Waals surface area contributed by atoms with E-state index in [1.54, 1.807) is 27.0 Å². The van der Waals surface area contributed by atoms with E-state index in [4.69, 9.17) is 4.74 Å². The molecule has 2 heterocycles. The van der Waals surface area contributed by atoms with Gasteiger partial charge in [-0.15, -0.1) is 0 Å². The number of aromatic nitrogens is 4. The van der Waals surface area contributed by atoms with Gasteiger partial charge in [-0.2, -0.15) is 10.1 Å². The van der Waals surface area contributed by atoms with E-state index < -0.39 is 15.6 Å². The van der Waals surface area contributed by atoms with E-state index in [1.807, 2.05) is 24.3 Å². The second-order valence-corrected chi connectivity index (χ2v) is 10.7. The number of aliphatic hydroxyl groups is 1. The fraction of sp³-hybridized carbons (Fsp3) is 0.435. The lowest BCUT2D eigenvalue weighted by Gasteiger charge is -2.17. The molecule has 1 aromatic carbocycles. The van der Waals surface area contributed by atoms with E-state index in [0.29, 0.717) is 18.0 Å². The molecule has 0 atom stereocenters. The first kappa shape index (κ1) is 24.7. The number of hydrogen-bond acceptors (Lipinski definition) is 7. The zero-order chi connectivity index (χ0) is 24.2. The predicted octanol–water partition coefficient (Wildman–Crippen LogP) is 3.42. The first-order valence-corrected chi connectivity index (χ1v) is 12.3. The molecule has 0 aliphatic heterocycles. The van der Waals surface area contributed by atoms with Gasteiger partial charge in [-0.25, -0.2) is 18.1 Å². The quantitative estimate of drug-likeness (QED) is 0.463. The van der Waals surface area contributed by atoms with Crippen molar-refractivity contribution in [2.24, 2.45) is 13.0 Å². The normalized spacial score (nSPS) is 12.2. The molecule has 3 rings (SSSR count). The van der Waals surface area contributed by atoms with E-state index in [1.165, 1.54) is 17.1 Å². The summed E-state index contributed by atoms with van der Waals surface area (Å²) in [6, 6.07) is 9.54. The van der Waals surface area contributed by atoms with Crippen molar-refractivity contribution < 1.29 is 18.3 Å². The second-order valence-electron chi connectivity index (χ2n) is 9.04. The van der Waals surface area contributed by atoms with Gasteiger partial charge >= 0.3 is 0 Å². The lowest BCUT2D eigenvalue weighted by Crippen LogP contribution is -2.22. The average molecular weight is 474 g/mol. The summed E-state index contributed by atoms with van der Waals surface area (Å²) in [5.41, 5.74) is 1.62. The maximum atomic E-state index is 12.8. The zero-order valence-corrected chi connectivity index (χ0v) is 20.4. The molecule has 0 aliphatic rings. The van der Waals surface area contributed by atoms with Crippen LogP contribution >= 0.6 is 0 Å². The van der Waals surface area contributed by atoms with Crippen molar-refractivity contribution in [2.75, 3.05) is 11.3 Å². The minimum Gasteiger partial charge on any atom is -0.477 e. The Bertz CT molecular complexity index is 1200. The number of aryl methyl sites for hydroxylation is 1. The molecule has 0 spiro atoms. The fourth-order valence-corrected chi connectivity index (χ4v) is 4.12. The first-order chi connectivity index (χ1) is 15.4. The molecule has 0 saturated heterocycles. The van der Waals surface area contributed by atoms with Gasteiger partial charge in [-0.05, 0) is 31.7 Å². The number of ether oxygens (including phenoxy) is 1. The van der Waals surface area contributed by atoms with Crippen LogP contribution in [-0.4, -0.2) is 45.5 Å². The van der Waals surface area contributed by atoms with Gasteiger partial charge in [0.1, 0.15) is 4.90 Å². The van der Waals surface area contributed by atoms with Gasteiger partial charge in [0, 0.05) is 31.3 Å². The van der Waals surface area contributed by atoms with Crippen LogP contribution in [0.25, 0.3) is 11.3 Å². The third-order valence-corrected chi connectivity index (χ3v) is 6.09. The van der Waals surface area contributed by atoms with Crippen LogP contribution in [0.2, 0.25) is 0 Å². The Kier molecular flexibility index (Phi) is 7.38. The van der Waals surface area contributed by atoms with Crippen molar-refractivity contribution in [2.45, 2.75) is 51.0 Å². The van der Waals surface area contributed by atoms with Gasteiger partial charge in [0.2, 0.25) is 11.8 Å². The highest BCUT2D eigenvalue weighted by atomic mass is 32.2. The molecule has 3 aromatic rings. The van der Waals surface area contributed by atoms with E-state index in [-0.39, 0.29) is 23.3 Å². The minimum absolute atomic E-state index is 0.00343. The Labute approximate surface area is 194 Å². The van der Waals surface area contributed by atoms with Crippen LogP contribution < -0.4 is 9.46 Å². The summed E-state index contributed by atoms with van der Waals surface area (Å²) in [4.78, 5) is 8.75. The highest BCUT2D eigenvalue weighted by Gasteiger charge is 2.20. The molecule has 0 radical (unpaired) electrons. The largest absolute Gasteiger partial charge is 0.477 e. The van der Waals surface area contributed by atoms with Crippen molar-refractivity contribution >= 4 is 16.0 Å². The molecule has 10 heteroatoms. The minimum atomic E-state index is -3.93. The monoisotopic (exact) mass is 473 g/mol. The van der Waals surface area contributed by atoms with E-state index >= 15 is 0 Å². The Morgan fingerprint density at radius 3 is 2.58 bits per heavy atom. The Hall–Kier alpha value is -2.98. The molecule has 178 valence electrons. The van der Waals surface area contributed by atoms with E-state index in [2.05, 4.69) is 33.6 Å². The number of nitrogens with one attached hydrogen (secondary N) is 1. The molecular weight excluding hydrogens is 442 g/mol. The third kappa shape index (κ3) is 7.00. The molecule has 33 heavy (non-hydrogen) atoms. The summed E-state index contributed by atoms with van der Waals surface area (Å²) in [6.07, 6.45) is 3.87. The smallest absolute Gasteiger partial charge is 0.267 e. The van der Waals surface area contributed by atoms with Gasteiger partial charge in [0.25, 0.3) is 10.0 Å². The highest BCUT2D eigenvalue weighted by Crippen LogP contribution is 2.28. The van der Waals surface area contributed by atoms with Crippen LogP contribution in [0.1, 0.15) is 39.7 Å². The second kappa shape index (κ2) is 9.88. The van der Waals surface area contributed by atoms with Gasteiger partial charge in [-0.1, -0.05) is 38.1 Å². The first-order valence-electron chi connectivity index (χ1n) is 10.8. The Morgan fingerprint density at radius 2 is 1.94 bits per heavy atom. The zero-order valence-electron chi connectivity index (χ0n) is 19.6. The number of benzene rings is 1. The lowest BCUT2D eigenvalue weighted by molar-refractivity contribution is 0.0547. The number of anilines is 1. The summed E-state index contributed by atoms with van der Waals surface area (Å²) in [5.74, 6) is 0.542. The number of hydrogen-bond donors (Lipinski definition) is 2. The van der Waals surface area contributed by atoms with Crippen molar-refractivity contribution in [3.05, 3.63) is 48.3 Å². The van der Waals surface area contributed by atoms with Crippen molar-refractivity contribution in [1.29, 1.82) is 0 Å². The van der Waals surface area contributed by atoms with Crippen LogP contribution in [0.15, 0.2) is 47.6 Å². The molecule has 2 aromatic heterocycles. The average Bonchev–Trinajstić information content (AvgIpc) is 3.14. The van der Waals surface area contributed by atoms with Crippen LogP contribution in [0.3, 0.4) is 0 Å². The maximum Gasteiger partial charge on any atom is 0.267 e. The summed E-state index contributed by atoms with van der Waals surface area (Å²) >= 11 is 0. The SMILES string of the molecule is CC(C)Cc1ccccc1-c1cc(OCCC(C)(C)O)nc(NS(=O)(=O)c2cnn(C)c2)n1. The molecule has 0 amide bonds. The molecule has 0 saturated carbocycles. The van der Waals surface area contributed by atoms with Gasteiger partial charge < -0.3 is 9.84 Å². The highest BCUT2D eigenvalue weighted by molar-refractivity contribution is 7.92. The number of rotatable bonds is 10. The van der Waals surface area contributed by atoms with Crippen molar-refractivity contribution in [1.82, 2.24) is 19.7 Å². The number of nitrogens with zero attached hydrogens (tertiary/aromatic N) is 4. The van der Waals surface area contributed by atoms with Gasteiger partial charge in [0.15, 0.2) is 0 Å². The van der Waals surface area contributed by atoms with E-state index in [0.717, 1.165) is 17.5 Å². The molecule has 0 bridgehead atoms. The molecule has 2 N–H and O–H groups in total. The van der Waals surface area contributed by atoms with Crippen LogP contribution in [0, 0.1) is 5.92 Å². The fourth-order valence-electron chi connectivity index (χ4n) is 3.19.